The first-order valence-electron chi connectivity index (χ1n) is 11.5. The molecule has 1 aliphatic heterocycles. The van der Waals surface area contributed by atoms with Crippen LogP contribution >= 0.6 is 0 Å². The summed E-state index contributed by atoms with van der Waals surface area (Å²) in [5.41, 5.74) is 0.773. The maximum Gasteiger partial charge on any atom is 0.338 e. The Morgan fingerprint density at radius 3 is 1.58 bits per heavy atom. The third-order valence-corrected chi connectivity index (χ3v) is 5.74. The lowest BCUT2D eigenvalue weighted by Gasteiger charge is -2.41. The molecule has 186 valence electrons. The third kappa shape index (κ3) is 5.95. The van der Waals surface area contributed by atoms with Crippen LogP contribution in [-0.2, 0) is 18.9 Å². The topological polar surface area (TPSA) is 88.1 Å². The third-order valence-electron chi connectivity index (χ3n) is 5.74. The van der Waals surface area contributed by atoms with E-state index in [0.29, 0.717) is 5.56 Å². The lowest BCUT2D eigenvalue weighted by molar-refractivity contribution is -0.206. The average Bonchev–Trinajstić information content (AvgIpc) is 2.92. The summed E-state index contributed by atoms with van der Waals surface area (Å²) >= 11 is 0. The van der Waals surface area contributed by atoms with Crippen LogP contribution in [0.5, 0.6) is 0 Å². The number of rotatable bonds is 7. The van der Waals surface area contributed by atoms with E-state index in [1.807, 2.05) is 0 Å². The highest BCUT2D eigenvalue weighted by atomic mass is 19.1. The molecule has 0 radical (unpaired) electrons. The van der Waals surface area contributed by atoms with Crippen molar-refractivity contribution >= 4 is 17.9 Å². The molecule has 36 heavy (non-hydrogen) atoms. The number of hydrogen-bond donors (Lipinski definition) is 0. The summed E-state index contributed by atoms with van der Waals surface area (Å²) in [6, 6.07) is 24.5. The Bertz CT molecular complexity index is 1170. The normalized spacial score (nSPS) is 23.3. The van der Waals surface area contributed by atoms with E-state index in [1.165, 1.54) is 12.1 Å². The van der Waals surface area contributed by atoms with E-state index < -0.39 is 55.1 Å². The van der Waals surface area contributed by atoms with Crippen molar-refractivity contribution < 1.29 is 37.7 Å². The van der Waals surface area contributed by atoms with Crippen molar-refractivity contribution in [3.05, 3.63) is 108 Å². The lowest BCUT2D eigenvalue weighted by atomic mass is 9.96. The van der Waals surface area contributed by atoms with Gasteiger partial charge < -0.3 is 18.9 Å². The van der Waals surface area contributed by atoms with Crippen LogP contribution < -0.4 is 0 Å². The first-order chi connectivity index (χ1) is 17.4. The van der Waals surface area contributed by atoms with Crippen LogP contribution in [0.4, 0.5) is 4.39 Å². The van der Waals surface area contributed by atoms with Crippen molar-refractivity contribution in [2.24, 2.45) is 0 Å². The van der Waals surface area contributed by atoms with Gasteiger partial charge in [-0.25, -0.2) is 18.8 Å². The number of alkyl halides is 1. The molecular weight excluding hydrogens is 467 g/mol. The predicted octanol–water partition coefficient (Wildman–Crippen LogP) is 4.42. The Hall–Kier alpha value is -4.04. The summed E-state index contributed by atoms with van der Waals surface area (Å²) in [7, 11) is 0. The minimum absolute atomic E-state index is 0.212. The van der Waals surface area contributed by atoms with Crippen LogP contribution in [0, 0.1) is 0 Å². The second-order valence-electron chi connectivity index (χ2n) is 8.26. The number of carbonyl (C=O) groups excluding carboxylic acids is 3. The molecule has 5 unspecified atom stereocenters. The number of benzene rings is 3. The van der Waals surface area contributed by atoms with E-state index in [1.54, 1.807) is 85.8 Å². The molecule has 1 saturated heterocycles. The Kier molecular flexibility index (Phi) is 8.07. The van der Waals surface area contributed by atoms with E-state index in [0.717, 1.165) is 0 Å². The maximum atomic E-state index is 15.7. The van der Waals surface area contributed by atoms with Gasteiger partial charge in [-0.3, -0.25) is 0 Å². The SMILES string of the molecule is CC1OC(COC(=O)c2ccccc2)C(F)C(OC(=O)c2ccccc2)C1OC(=O)c1ccccc1. The number of ether oxygens (including phenoxy) is 4. The second kappa shape index (κ2) is 11.6. The van der Waals surface area contributed by atoms with Crippen molar-refractivity contribution in [1.82, 2.24) is 0 Å². The molecule has 7 nitrogen and oxygen atoms in total. The standard InChI is InChI=1S/C28H25FO7/c1-18-24(35-27(31)20-13-7-3-8-14-20)25(36-28(32)21-15-9-4-10-16-21)23(29)22(34-18)17-33-26(30)19-11-5-2-6-12-19/h2-16,18,22-25H,17H2,1H3. The van der Waals surface area contributed by atoms with E-state index in [2.05, 4.69) is 0 Å². The fraction of sp³-hybridized carbons (Fsp3) is 0.250. The Morgan fingerprint density at radius 1 is 0.694 bits per heavy atom. The summed E-state index contributed by atoms with van der Waals surface area (Å²) in [6.45, 7) is 1.15. The molecule has 0 amide bonds. The molecule has 0 bridgehead atoms. The summed E-state index contributed by atoms with van der Waals surface area (Å²) in [6.07, 6.45) is -6.77. The highest BCUT2D eigenvalue weighted by Crippen LogP contribution is 2.30. The Labute approximate surface area is 207 Å². The van der Waals surface area contributed by atoms with Gasteiger partial charge in [-0.15, -0.1) is 0 Å². The van der Waals surface area contributed by atoms with Gasteiger partial charge in [0, 0.05) is 0 Å². The first kappa shape index (κ1) is 25.1. The predicted molar refractivity (Wildman–Crippen MR) is 127 cm³/mol. The molecule has 1 fully saturated rings. The summed E-state index contributed by atoms with van der Waals surface area (Å²) < 4.78 is 37.8. The van der Waals surface area contributed by atoms with E-state index in [9.17, 15) is 14.4 Å². The summed E-state index contributed by atoms with van der Waals surface area (Å²) in [4.78, 5) is 37.8. The number of carbonyl (C=O) groups is 3. The van der Waals surface area contributed by atoms with E-state index in [-0.39, 0.29) is 11.1 Å². The average molecular weight is 492 g/mol. The van der Waals surface area contributed by atoms with E-state index in [4.69, 9.17) is 18.9 Å². The second-order valence-corrected chi connectivity index (χ2v) is 8.26. The Balaban J connectivity index is 1.52. The van der Waals surface area contributed by atoms with Gasteiger partial charge in [-0.1, -0.05) is 54.6 Å². The molecule has 3 aromatic rings. The quantitative estimate of drug-likeness (QED) is 0.356. The summed E-state index contributed by atoms with van der Waals surface area (Å²) in [5.74, 6) is -2.13. The fourth-order valence-electron chi connectivity index (χ4n) is 3.86. The number of halogens is 1. The van der Waals surface area contributed by atoms with Gasteiger partial charge in [0.25, 0.3) is 0 Å². The molecule has 0 saturated carbocycles. The van der Waals surface area contributed by atoms with Gasteiger partial charge in [0.15, 0.2) is 18.4 Å². The van der Waals surface area contributed by atoms with Crippen LogP contribution in [0.25, 0.3) is 0 Å². The first-order valence-corrected chi connectivity index (χ1v) is 11.5. The lowest BCUT2D eigenvalue weighted by Crippen LogP contribution is -2.59. The van der Waals surface area contributed by atoms with Crippen LogP contribution in [0.3, 0.4) is 0 Å². The molecule has 8 heteroatoms. The molecule has 1 aliphatic rings. The molecule has 0 aliphatic carbocycles. The van der Waals surface area contributed by atoms with Gasteiger partial charge in [0.05, 0.1) is 22.8 Å². The fourth-order valence-corrected chi connectivity index (χ4v) is 3.86. The van der Waals surface area contributed by atoms with E-state index >= 15 is 4.39 Å². The smallest absolute Gasteiger partial charge is 0.338 e. The zero-order valence-corrected chi connectivity index (χ0v) is 19.5. The molecule has 0 N–H and O–H groups in total. The molecule has 0 spiro atoms. The maximum absolute atomic E-state index is 15.7. The van der Waals surface area contributed by atoms with Gasteiger partial charge in [-0.2, -0.15) is 0 Å². The van der Waals surface area contributed by atoms with Gasteiger partial charge in [-0.05, 0) is 43.3 Å². The van der Waals surface area contributed by atoms with Crippen molar-refractivity contribution in [2.75, 3.05) is 6.61 Å². The zero-order valence-electron chi connectivity index (χ0n) is 19.5. The largest absolute Gasteiger partial charge is 0.459 e. The monoisotopic (exact) mass is 492 g/mol. The molecule has 3 aromatic carbocycles. The number of esters is 3. The van der Waals surface area contributed by atoms with Crippen molar-refractivity contribution in [3.63, 3.8) is 0 Å². The summed E-state index contributed by atoms with van der Waals surface area (Å²) in [5, 5.41) is 0. The highest BCUT2D eigenvalue weighted by Gasteiger charge is 2.49. The Morgan fingerprint density at radius 2 is 1.11 bits per heavy atom. The van der Waals surface area contributed by atoms with Crippen LogP contribution in [0.15, 0.2) is 91.0 Å². The van der Waals surface area contributed by atoms with Crippen LogP contribution in [0.1, 0.15) is 38.0 Å². The van der Waals surface area contributed by atoms with Gasteiger partial charge in [0.2, 0.25) is 0 Å². The number of hydrogen-bond acceptors (Lipinski definition) is 7. The van der Waals surface area contributed by atoms with Crippen LogP contribution in [-0.4, -0.2) is 55.1 Å². The molecule has 0 aromatic heterocycles. The molecule has 1 heterocycles. The van der Waals surface area contributed by atoms with Crippen molar-refractivity contribution in [2.45, 2.75) is 37.5 Å². The van der Waals surface area contributed by atoms with Crippen molar-refractivity contribution in [1.29, 1.82) is 0 Å². The van der Waals surface area contributed by atoms with Crippen LogP contribution in [0.2, 0.25) is 0 Å². The molecule has 5 atom stereocenters. The van der Waals surface area contributed by atoms with Gasteiger partial charge >= 0.3 is 17.9 Å². The zero-order chi connectivity index (χ0) is 25.5. The van der Waals surface area contributed by atoms with Gasteiger partial charge in [0.1, 0.15) is 12.7 Å². The molecule has 4 rings (SSSR count). The molecular formula is C28H25FO7. The highest BCUT2D eigenvalue weighted by molar-refractivity contribution is 5.90. The minimum atomic E-state index is -1.94. The minimum Gasteiger partial charge on any atom is -0.459 e. The van der Waals surface area contributed by atoms with Crippen molar-refractivity contribution in [3.8, 4) is 0 Å².